The van der Waals surface area contributed by atoms with Crippen molar-refractivity contribution in [3.63, 3.8) is 0 Å². The normalized spacial score (nSPS) is 17.9. The van der Waals surface area contributed by atoms with Gasteiger partial charge in [0.15, 0.2) is 0 Å². The highest BCUT2D eigenvalue weighted by Crippen LogP contribution is 2.27. The van der Waals surface area contributed by atoms with Crippen molar-refractivity contribution in [3.8, 4) is 0 Å². The molecule has 0 radical (unpaired) electrons. The van der Waals surface area contributed by atoms with Crippen molar-refractivity contribution >= 4 is 33.8 Å². The summed E-state index contributed by atoms with van der Waals surface area (Å²) < 4.78 is 27.7. The van der Waals surface area contributed by atoms with Crippen LogP contribution in [0.5, 0.6) is 0 Å². The third-order valence-electron chi connectivity index (χ3n) is 5.16. The highest BCUT2D eigenvalue weighted by atomic mass is 35.5. The first-order valence-electron chi connectivity index (χ1n) is 9.76. The molecule has 2 unspecified atom stereocenters. The fourth-order valence-corrected chi connectivity index (χ4v) is 5.01. The summed E-state index contributed by atoms with van der Waals surface area (Å²) in [6.07, 6.45) is 7.01. The van der Waals surface area contributed by atoms with Gasteiger partial charge in [-0.3, -0.25) is 4.79 Å². The second-order valence-corrected chi connectivity index (χ2v) is 9.94. The molecule has 1 fully saturated rings. The molecule has 0 aromatic heterocycles. The van der Waals surface area contributed by atoms with Crippen molar-refractivity contribution in [1.29, 1.82) is 0 Å². The van der Waals surface area contributed by atoms with E-state index in [0.29, 0.717) is 17.4 Å². The molecule has 0 saturated heterocycles. The predicted octanol–water partition coefficient (Wildman–Crippen LogP) is 3.30. The summed E-state index contributed by atoms with van der Waals surface area (Å²) in [6, 6.07) is 4.15. The molecule has 2 rings (SSSR count). The Labute approximate surface area is 172 Å². The van der Waals surface area contributed by atoms with Gasteiger partial charge in [-0.2, -0.15) is 4.72 Å². The molecular formula is C20H29ClN2O4S. The summed E-state index contributed by atoms with van der Waals surface area (Å²) in [7, 11) is -3.89. The standard InChI is InChI=1S/C20H29ClN2O4S/c1-14(2)19(23-28(26,27)18-10-8-16(21)9-11-18)20(25)22-17(13-24)12-15-6-4-3-5-7-15/h8-11,13-15,17,19,23H,3-7,12H2,1-2H3,(H,22,25). The number of aldehydes is 1. The fraction of sp³-hybridized carbons (Fsp3) is 0.600. The average Bonchev–Trinajstić information content (AvgIpc) is 2.66. The lowest BCUT2D eigenvalue weighted by molar-refractivity contribution is -0.126. The van der Waals surface area contributed by atoms with E-state index < -0.39 is 28.0 Å². The second-order valence-electron chi connectivity index (χ2n) is 7.79. The van der Waals surface area contributed by atoms with E-state index in [9.17, 15) is 18.0 Å². The predicted molar refractivity (Wildman–Crippen MR) is 110 cm³/mol. The zero-order valence-electron chi connectivity index (χ0n) is 16.4. The molecule has 156 valence electrons. The highest BCUT2D eigenvalue weighted by molar-refractivity contribution is 7.89. The Morgan fingerprint density at radius 2 is 1.79 bits per heavy atom. The number of sulfonamides is 1. The lowest BCUT2D eigenvalue weighted by Gasteiger charge is -2.27. The van der Waals surface area contributed by atoms with E-state index in [1.807, 2.05) is 0 Å². The first-order chi connectivity index (χ1) is 13.2. The molecule has 0 heterocycles. The van der Waals surface area contributed by atoms with Crippen LogP contribution in [0.3, 0.4) is 0 Å². The molecule has 28 heavy (non-hydrogen) atoms. The molecule has 0 aliphatic heterocycles. The Balaban J connectivity index is 2.05. The third kappa shape index (κ3) is 6.57. The molecule has 0 spiro atoms. The Bertz CT molecular complexity index is 759. The maximum atomic E-state index is 12.7. The molecule has 2 atom stereocenters. The monoisotopic (exact) mass is 428 g/mol. The van der Waals surface area contributed by atoms with E-state index in [0.717, 1.165) is 32.0 Å². The minimum absolute atomic E-state index is 0.0319. The lowest BCUT2D eigenvalue weighted by atomic mass is 9.85. The van der Waals surface area contributed by atoms with Crippen LogP contribution in [0.2, 0.25) is 5.02 Å². The van der Waals surface area contributed by atoms with Crippen LogP contribution in [-0.2, 0) is 19.6 Å². The molecule has 0 bridgehead atoms. The topological polar surface area (TPSA) is 92.3 Å². The van der Waals surface area contributed by atoms with E-state index in [4.69, 9.17) is 11.6 Å². The summed E-state index contributed by atoms with van der Waals surface area (Å²) in [6.45, 7) is 3.51. The number of amides is 1. The van der Waals surface area contributed by atoms with Crippen LogP contribution < -0.4 is 10.0 Å². The van der Waals surface area contributed by atoms with Gasteiger partial charge in [0.05, 0.1) is 10.9 Å². The second kappa shape index (κ2) is 10.4. The van der Waals surface area contributed by atoms with Crippen molar-refractivity contribution in [3.05, 3.63) is 29.3 Å². The molecule has 2 N–H and O–H groups in total. The smallest absolute Gasteiger partial charge is 0.241 e. The number of rotatable bonds is 9. The van der Waals surface area contributed by atoms with Crippen LogP contribution in [0.25, 0.3) is 0 Å². The van der Waals surface area contributed by atoms with Crippen molar-refractivity contribution in [2.75, 3.05) is 0 Å². The molecule has 1 aromatic rings. The van der Waals surface area contributed by atoms with Gasteiger partial charge in [-0.05, 0) is 42.5 Å². The van der Waals surface area contributed by atoms with Crippen LogP contribution >= 0.6 is 11.6 Å². The molecule has 8 heteroatoms. The van der Waals surface area contributed by atoms with Gasteiger partial charge in [0.1, 0.15) is 12.3 Å². The number of halogens is 1. The van der Waals surface area contributed by atoms with E-state index in [1.165, 1.54) is 30.7 Å². The lowest BCUT2D eigenvalue weighted by Crippen LogP contribution is -2.52. The quantitative estimate of drug-likeness (QED) is 0.590. The first kappa shape index (κ1) is 22.8. The minimum Gasteiger partial charge on any atom is -0.345 e. The van der Waals surface area contributed by atoms with Crippen LogP contribution in [0.15, 0.2) is 29.2 Å². The number of nitrogens with one attached hydrogen (secondary N) is 2. The molecule has 1 aliphatic carbocycles. The summed E-state index contributed by atoms with van der Waals surface area (Å²) in [4.78, 5) is 24.3. The van der Waals surface area contributed by atoms with Gasteiger partial charge in [-0.1, -0.05) is 57.6 Å². The number of carbonyl (C=O) groups excluding carboxylic acids is 2. The van der Waals surface area contributed by atoms with Crippen LogP contribution in [0.4, 0.5) is 0 Å². The molecule has 1 saturated carbocycles. The van der Waals surface area contributed by atoms with E-state index >= 15 is 0 Å². The number of hydrogen-bond acceptors (Lipinski definition) is 4. The van der Waals surface area contributed by atoms with Gasteiger partial charge in [0, 0.05) is 5.02 Å². The van der Waals surface area contributed by atoms with Gasteiger partial charge in [-0.15, -0.1) is 0 Å². The highest BCUT2D eigenvalue weighted by Gasteiger charge is 2.30. The Morgan fingerprint density at radius 1 is 1.18 bits per heavy atom. The number of carbonyl (C=O) groups is 2. The summed E-state index contributed by atoms with van der Waals surface area (Å²) in [5.74, 6) is -0.350. The molecule has 1 amide bonds. The number of benzene rings is 1. The molecular weight excluding hydrogens is 400 g/mol. The maximum Gasteiger partial charge on any atom is 0.241 e. The zero-order chi connectivity index (χ0) is 20.7. The van der Waals surface area contributed by atoms with Gasteiger partial charge < -0.3 is 10.1 Å². The van der Waals surface area contributed by atoms with E-state index in [1.54, 1.807) is 13.8 Å². The number of hydrogen-bond donors (Lipinski definition) is 2. The van der Waals surface area contributed by atoms with Crippen LogP contribution in [0, 0.1) is 11.8 Å². The van der Waals surface area contributed by atoms with E-state index in [-0.39, 0.29) is 10.8 Å². The minimum atomic E-state index is -3.89. The Hall–Kier alpha value is -1.44. The SMILES string of the molecule is CC(C)C(NS(=O)(=O)c1ccc(Cl)cc1)C(=O)NC(C=O)CC1CCCCC1. The van der Waals surface area contributed by atoms with Crippen LogP contribution in [-0.4, -0.2) is 32.7 Å². The van der Waals surface area contributed by atoms with Crippen molar-refractivity contribution in [2.24, 2.45) is 11.8 Å². The van der Waals surface area contributed by atoms with Gasteiger partial charge in [0.2, 0.25) is 15.9 Å². The van der Waals surface area contributed by atoms with Crippen molar-refractivity contribution in [1.82, 2.24) is 10.0 Å². The van der Waals surface area contributed by atoms with Crippen LogP contribution in [0.1, 0.15) is 52.4 Å². The molecule has 1 aliphatic rings. The molecule has 6 nitrogen and oxygen atoms in total. The maximum absolute atomic E-state index is 12.7. The fourth-order valence-electron chi connectivity index (χ4n) is 3.54. The Morgan fingerprint density at radius 3 is 2.32 bits per heavy atom. The largest absolute Gasteiger partial charge is 0.345 e. The summed E-state index contributed by atoms with van der Waals surface area (Å²) in [5.41, 5.74) is 0. The van der Waals surface area contributed by atoms with Gasteiger partial charge in [0.25, 0.3) is 0 Å². The van der Waals surface area contributed by atoms with Gasteiger partial charge in [-0.25, -0.2) is 8.42 Å². The van der Waals surface area contributed by atoms with E-state index in [2.05, 4.69) is 10.0 Å². The van der Waals surface area contributed by atoms with Gasteiger partial charge >= 0.3 is 0 Å². The molecule has 1 aromatic carbocycles. The average molecular weight is 429 g/mol. The van der Waals surface area contributed by atoms with Crippen molar-refractivity contribution in [2.45, 2.75) is 69.4 Å². The summed E-state index contributed by atoms with van der Waals surface area (Å²) >= 11 is 5.81. The first-order valence-corrected chi connectivity index (χ1v) is 11.6. The summed E-state index contributed by atoms with van der Waals surface area (Å²) in [5, 5.41) is 3.15. The third-order valence-corrected chi connectivity index (χ3v) is 6.87. The Kier molecular flexibility index (Phi) is 8.46. The zero-order valence-corrected chi connectivity index (χ0v) is 17.9. The van der Waals surface area contributed by atoms with Crippen molar-refractivity contribution < 1.29 is 18.0 Å².